The Morgan fingerprint density at radius 3 is 2.52 bits per heavy atom. The van der Waals surface area contributed by atoms with E-state index in [9.17, 15) is 0 Å². The summed E-state index contributed by atoms with van der Waals surface area (Å²) in [6.07, 6.45) is 0. The third-order valence-corrected chi connectivity index (χ3v) is 4.53. The lowest BCUT2D eigenvalue weighted by Crippen LogP contribution is -2.52. The highest BCUT2D eigenvalue weighted by atomic mass is 16.5. The van der Waals surface area contributed by atoms with E-state index in [1.54, 1.807) is 0 Å². The molecule has 21 heavy (non-hydrogen) atoms. The summed E-state index contributed by atoms with van der Waals surface area (Å²) in [5.41, 5.74) is 4.02. The average molecular weight is 281 g/mol. The van der Waals surface area contributed by atoms with Crippen molar-refractivity contribution in [1.82, 2.24) is 4.90 Å². The molecule has 0 saturated carbocycles. The van der Waals surface area contributed by atoms with Gasteiger partial charge in [-0.3, -0.25) is 4.90 Å². The van der Waals surface area contributed by atoms with Gasteiger partial charge in [-0.1, -0.05) is 54.6 Å². The number of benzene rings is 2. The van der Waals surface area contributed by atoms with Gasteiger partial charge in [0.2, 0.25) is 0 Å². The maximum absolute atomic E-state index is 5.82. The first-order valence-electron chi connectivity index (χ1n) is 7.63. The summed E-state index contributed by atoms with van der Waals surface area (Å²) in [4.78, 5) is 2.55. The minimum absolute atomic E-state index is 0.0561. The maximum atomic E-state index is 5.82. The molecule has 1 unspecified atom stereocenters. The van der Waals surface area contributed by atoms with Crippen LogP contribution in [0.1, 0.15) is 23.6 Å². The van der Waals surface area contributed by atoms with E-state index in [-0.39, 0.29) is 5.54 Å². The largest absolute Gasteiger partial charge is 0.378 e. The van der Waals surface area contributed by atoms with Gasteiger partial charge >= 0.3 is 0 Å². The van der Waals surface area contributed by atoms with Crippen LogP contribution in [0.25, 0.3) is 0 Å². The van der Waals surface area contributed by atoms with Gasteiger partial charge < -0.3 is 4.74 Å². The van der Waals surface area contributed by atoms with Gasteiger partial charge in [0.05, 0.1) is 18.8 Å². The molecule has 3 rings (SSSR count). The number of aryl methyl sites for hydroxylation is 1. The molecular formula is C19H23NO. The highest BCUT2D eigenvalue weighted by molar-refractivity contribution is 5.33. The minimum atomic E-state index is -0.0561. The molecule has 0 amide bonds. The Morgan fingerprint density at radius 1 is 1.05 bits per heavy atom. The monoisotopic (exact) mass is 281 g/mol. The summed E-state index contributed by atoms with van der Waals surface area (Å²) in [6.45, 7) is 8.00. The standard InChI is InChI=1S/C19H23NO/c1-16-8-6-7-11-18(16)19(2)15-21-13-12-20(19)14-17-9-4-3-5-10-17/h3-11H,12-15H2,1-2H3. The van der Waals surface area contributed by atoms with Gasteiger partial charge in [-0.25, -0.2) is 0 Å². The van der Waals surface area contributed by atoms with Gasteiger partial charge in [0.15, 0.2) is 0 Å². The molecule has 2 nitrogen and oxygen atoms in total. The molecule has 0 aromatic heterocycles. The molecule has 1 fully saturated rings. The lowest BCUT2D eigenvalue weighted by molar-refractivity contribution is -0.0685. The molecule has 0 radical (unpaired) electrons. The maximum Gasteiger partial charge on any atom is 0.0690 e. The lowest BCUT2D eigenvalue weighted by atomic mass is 9.86. The van der Waals surface area contributed by atoms with Crippen LogP contribution in [0.4, 0.5) is 0 Å². The van der Waals surface area contributed by atoms with E-state index in [0.29, 0.717) is 0 Å². The van der Waals surface area contributed by atoms with E-state index in [1.807, 2.05) is 0 Å². The molecule has 1 aliphatic rings. The molecule has 2 aromatic carbocycles. The summed E-state index contributed by atoms with van der Waals surface area (Å²) >= 11 is 0. The number of nitrogens with zero attached hydrogens (tertiary/aromatic N) is 1. The van der Waals surface area contributed by atoms with E-state index < -0.39 is 0 Å². The quantitative estimate of drug-likeness (QED) is 0.849. The van der Waals surface area contributed by atoms with Crippen LogP contribution in [0.5, 0.6) is 0 Å². The van der Waals surface area contributed by atoms with Crippen molar-refractivity contribution in [2.24, 2.45) is 0 Å². The van der Waals surface area contributed by atoms with E-state index in [2.05, 4.69) is 73.3 Å². The Balaban J connectivity index is 1.92. The molecule has 0 aliphatic carbocycles. The van der Waals surface area contributed by atoms with Gasteiger partial charge in [0.25, 0.3) is 0 Å². The molecule has 1 saturated heterocycles. The second-order valence-corrected chi connectivity index (χ2v) is 6.05. The SMILES string of the molecule is Cc1ccccc1C1(C)COCCN1Cc1ccccc1. The third-order valence-electron chi connectivity index (χ3n) is 4.53. The fraction of sp³-hybridized carbons (Fsp3) is 0.368. The van der Waals surface area contributed by atoms with Crippen LogP contribution in [-0.2, 0) is 16.8 Å². The van der Waals surface area contributed by atoms with Crippen molar-refractivity contribution in [3.05, 3.63) is 71.3 Å². The smallest absolute Gasteiger partial charge is 0.0690 e. The Labute approximate surface area is 127 Å². The fourth-order valence-electron chi connectivity index (χ4n) is 3.27. The van der Waals surface area contributed by atoms with E-state index >= 15 is 0 Å². The minimum Gasteiger partial charge on any atom is -0.378 e. The number of ether oxygens (including phenoxy) is 1. The van der Waals surface area contributed by atoms with Crippen LogP contribution in [0.2, 0.25) is 0 Å². The Kier molecular flexibility index (Phi) is 4.09. The van der Waals surface area contributed by atoms with Crippen LogP contribution < -0.4 is 0 Å². The third kappa shape index (κ3) is 2.87. The van der Waals surface area contributed by atoms with Gasteiger partial charge in [-0.15, -0.1) is 0 Å². The topological polar surface area (TPSA) is 12.5 Å². The molecule has 2 aromatic rings. The number of hydrogen-bond donors (Lipinski definition) is 0. The highest BCUT2D eigenvalue weighted by Gasteiger charge is 2.37. The lowest BCUT2D eigenvalue weighted by Gasteiger charge is -2.45. The first kappa shape index (κ1) is 14.3. The number of morpholine rings is 1. The van der Waals surface area contributed by atoms with Crippen LogP contribution in [-0.4, -0.2) is 24.7 Å². The van der Waals surface area contributed by atoms with E-state index in [1.165, 1.54) is 16.7 Å². The first-order chi connectivity index (χ1) is 10.2. The second kappa shape index (κ2) is 6.00. The number of hydrogen-bond acceptors (Lipinski definition) is 2. The molecule has 110 valence electrons. The zero-order chi connectivity index (χ0) is 14.7. The van der Waals surface area contributed by atoms with E-state index in [4.69, 9.17) is 4.74 Å². The molecule has 0 bridgehead atoms. The molecule has 0 spiro atoms. The fourth-order valence-corrected chi connectivity index (χ4v) is 3.27. The summed E-state index contributed by atoms with van der Waals surface area (Å²) in [5.74, 6) is 0. The Morgan fingerprint density at radius 2 is 1.76 bits per heavy atom. The van der Waals surface area contributed by atoms with E-state index in [0.717, 1.165) is 26.3 Å². The van der Waals surface area contributed by atoms with Crippen LogP contribution in [0.15, 0.2) is 54.6 Å². The van der Waals surface area contributed by atoms with Crippen molar-refractivity contribution in [3.8, 4) is 0 Å². The van der Waals surface area contributed by atoms with Crippen molar-refractivity contribution in [1.29, 1.82) is 0 Å². The second-order valence-electron chi connectivity index (χ2n) is 6.05. The summed E-state index contributed by atoms with van der Waals surface area (Å²) in [5, 5.41) is 0. The number of rotatable bonds is 3. The van der Waals surface area contributed by atoms with Crippen molar-refractivity contribution in [2.75, 3.05) is 19.8 Å². The molecule has 1 aliphatic heterocycles. The van der Waals surface area contributed by atoms with Gasteiger partial charge in [-0.2, -0.15) is 0 Å². The summed E-state index contributed by atoms with van der Waals surface area (Å²) in [6, 6.07) is 19.4. The highest BCUT2D eigenvalue weighted by Crippen LogP contribution is 2.34. The van der Waals surface area contributed by atoms with Gasteiger partial charge in [0, 0.05) is 13.1 Å². The normalized spacial score (nSPS) is 23.1. The summed E-state index contributed by atoms with van der Waals surface area (Å²) in [7, 11) is 0. The van der Waals surface area contributed by atoms with Crippen molar-refractivity contribution < 1.29 is 4.74 Å². The molecule has 2 heteroatoms. The Hall–Kier alpha value is -1.64. The summed E-state index contributed by atoms with van der Waals surface area (Å²) < 4.78 is 5.82. The molecular weight excluding hydrogens is 258 g/mol. The zero-order valence-corrected chi connectivity index (χ0v) is 12.9. The molecule has 0 N–H and O–H groups in total. The van der Waals surface area contributed by atoms with Gasteiger partial charge in [-0.05, 0) is 30.5 Å². The van der Waals surface area contributed by atoms with Crippen molar-refractivity contribution in [2.45, 2.75) is 25.9 Å². The average Bonchev–Trinajstić information content (AvgIpc) is 2.51. The molecule has 1 atom stereocenters. The molecule has 1 heterocycles. The predicted molar refractivity (Wildman–Crippen MR) is 86.2 cm³/mol. The van der Waals surface area contributed by atoms with Crippen LogP contribution in [0, 0.1) is 6.92 Å². The van der Waals surface area contributed by atoms with Crippen LogP contribution >= 0.6 is 0 Å². The van der Waals surface area contributed by atoms with Gasteiger partial charge in [0.1, 0.15) is 0 Å². The van der Waals surface area contributed by atoms with Crippen molar-refractivity contribution >= 4 is 0 Å². The first-order valence-corrected chi connectivity index (χ1v) is 7.63. The zero-order valence-electron chi connectivity index (χ0n) is 12.9. The Bertz CT molecular complexity index is 596. The van der Waals surface area contributed by atoms with Crippen molar-refractivity contribution in [3.63, 3.8) is 0 Å². The van der Waals surface area contributed by atoms with Crippen LogP contribution in [0.3, 0.4) is 0 Å². The predicted octanol–water partition coefficient (Wildman–Crippen LogP) is 3.74.